The van der Waals surface area contributed by atoms with E-state index in [2.05, 4.69) is 27.6 Å². The van der Waals surface area contributed by atoms with E-state index >= 15 is 0 Å². The van der Waals surface area contributed by atoms with E-state index < -0.39 is 0 Å². The van der Waals surface area contributed by atoms with Gasteiger partial charge in [-0.05, 0) is 40.8 Å². The van der Waals surface area contributed by atoms with Crippen molar-refractivity contribution in [1.82, 2.24) is 4.98 Å². The minimum absolute atomic E-state index is 0.710. The number of nitrogens with zero attached hydrogens (tertiary/aromatic N) is 1. The second kappa shape index (κ2) is 5.35. The lowest BCUT2D eigenvalue weighted by Crippen LogP contribution is -1.89. The molecule has 0 aliphatic rings. The molecule has 0 fully saturated rings. The average Bonchev–Trinajstić information content (AvgIpc) is 2.45. The molecule has 94 valence electrons. The molecule has 0 saturated heterocycles. The van der Waals surface area contributed by atoms with Crippen LogP contribution in [0.4, 0.5) is 0 Å². The maximum absolute atomic E-state index is 6.30. The van der Waals surface area contributed by atoms with Gasteiger partial charge in [0.15, 0.2) is 5.75 Å². The fourth-order valence-electron chi connectivity index (χ4n) is 1.84. The normalized spacial score (nSPS) is 10.6. The number of para-hydroxylation sites is 2. The van der Waals surface area contributed by atoms with E-state index in [0.717, 1.165) is 20.2 Å². The Kier molecular flexibility index (Phi) is 3.57. The van der Waals surface area contributed by atoms with Crippen LogP contribution in [-0.4, -0.2) is 4.98 Å². The molecule has 3 aromatic rings. The van der Waals surface area contributed by atoms with Crippen LogP contribution in [0.25, 0.3) is 10.9 Å². The molecule has 2 nitrogen and oxygen atoms in total. The van der Waals surface area contributed by atoms with E-state index in [1.165, 1.54) is 0 Å². The summed E-state index contributed by atoms with van der Waals surface area (Å²) in [5.41, 5.74) is 0.775. The molecule has 0 aliphatic heterocycles. The highest BCUT2D eigenvalue weighted by atomic mass is 127. The summed E-state index contributed by atoms with van der Waals surface area (Å²) in [5.74, 6) is 1.49. The lowest BCUT2D eigenvalue weighted by Gasteiger charge is -2.09. The smallest absolute Gasteiger partial charge is 0.153 e. The number of ether oxygens (including phenoxy) is 1. The van der Waals surface area contributed by atoms with Crippen LogP contribution in [0.1, 0.15) is 0 Å². The highest BCUT2D eigenvalue weighted by Crippen LogP contribution is 2.33. The Morgan fingerprint density at radius 3 is 2.58 bits per heavy atom. The Bertz CT molecular complexity index is 731. The van der Waals surface area contributed by atoms with Crippen molar-refractivity contribution in [3.63, 3.8) is 0 Å². The van der Waals surface area contributed by atoms with Gasteiger partial charge in [0.2, 0.25) is 0 Å². The Hall–Kier alpha value is -1.33. The number of hydrogen-bond acceptors (Lipinski definition) is 2. The highest BCUT2D eigenvalue weighted by Gasteiger charge is 2.09. The van der Waals surface area contributed by atoms with Crippen molar-refractivity contribution in [3.8, 4) is 11.5 Å². The quantitative estimate of drug-likeness (QED) is 0.563. The molecule has 3 rings (SSSR count). The molecular formula is C15H9ClINO. The van der Waals surface area contributed by atoms with Crippen LogP contribution in [-0.2, 0) is 0 Å². The van der Waals surface area contributed by atoms with E-state index in [4.69, 9.17) is 16.3 Å². The second-order valence-corrected chi connectivity index (χ2v) is 5.53. The molecular weight excluding hydrogens is 373 g/mol. The topological polar surface area (TPSA) is 22.1 Å². The first-order valence-corrected chi connectivity index (χ1v) is 7.17. The van der Waals surface area contributed by atoms with Crippen LogP contribution in [0.2, 0.25) is 5.02 Å². The SMILES string of the molecule is Clc1c(I)cnc2c(Oc3ccccc3)cccc12. The number of fused-ring (bicyclic) bond motifs is 1. The van der Waals surface area contributed by atoms with Crippen molar-refractivity contribution < 1.29 is 4.74 Å². The van der Waals surface area contributed by atoms with Gasteiger partial charge in [-0.1, -0.05) is 41.9 Å². The number of benzene rings is 2. The predicted octanol–water partition coefficient (Wildman–Crippen LogP) is 5.29. The third-order valence-electron chi connectivity index (χ3n) is 2.72. The lowest BCUT2D eigenvalue weighted by molar-refractivity contribution is 0.487. The largest absolute Gasteiger partial charge is 0.455 e. The summed E-state index contributed by atoms with van der Waals surface area (Å²) in [5, 5.41) is 1.62. The first-order chi connectivity index (χ1) is 9.25. The fraction of sp³-hybridized carbons (Fsp3) is 0. The third kappa shape index (κ3) is 2.53. The van der Waals surface area contributed by atoms with Crippen LogP contribution in [0.15, 0.2) is 54.7 Å². The number of halogens is 2. The molecule has 19 heavy (non-hydrogen) atoms. The van der Waals surface area contributed by atoms with Gasteiger partial charge < -0.3 is 4.74 Å². The Labute approximate surface area is 129 Å². The van der Waals surface area contributed by atoms with Gasteiger partial charge in [-0.25, -0.2) is 0 Å². The summed E-state index contributed by atoms with van der Waals surface area (Å²) < 4.78 is 6.80. The van der Waals surface area contributed by atoms with Gasteiger partial charge in [-0.2, -0.15) is 0 Å². The third-order valence-corrected chi connectivity index (χ3v) is 4.27. The van der Waals surface area contributed by atoms with Crippen LogP contribution in [0.3, 0.4) is 0 Å². The molecule has 0 aliphatic carbocycles. The average molecular weight is 382 g/mol. The van der Waals surface area contributed by atoms with Crippen molar-refractivity contribution in [2.24, 2.45) is 0 Å². The summed E-state index contributed by atoms with van der Waals surface area (Å²) in [4.78, 5) is 4.42. The molecule has 1 aromatic heterocycles. The molecule has 0 N–H and O–H groups in total. The van der Waals surface area contributed by atoms with Crippen LogP contribution >= 0.6 is 34.2 Å². The highest BCUT2D eigenvalue weighted by molar-refractivity contribution is 14.1. The number of pyridine rings is 1. The molecule has 0 saturated carbocycles. The minimum atomic E-state index is 0.710. The number of hydrogen-bond donors (Lipinski definition) is 0. The van der Waals surface area contributed by atoms with E-state index in [9.17, 15) is 0 Å². The zero-order valence-corrected chi connectivity index (χ0v) is 12.7. The van der Waals surface area contributed by atoms with Gasteiger partial charge in [0.05, 0.1) is 8.59 Å². The van der Waals surface area contributed by atoms with Crippen LogP contribution in [0.5, 0.6) is 11.5 Å². The molecule has 2 aromatic carbocycles. The van der Waals surface area contributed by atoms with Crippen LogP contribution < -0.4 is 4.74 Å². The molecule has 0 bridgehead atoms. The monoisotopic (exact) mass is 381 g/mol. The van der Waals surface area contributed by atoms with Crippen molar-refractivity contribution in [2.75, 3.05) is 0 Å². The maximum Gasteiger partial charge on any atom is 0.153 e. The maximum atomic E-state index is 6.30. The van der Waals surface area contributed by atoms with Gasteiger partial charge in [-0.15, -0.1) is 0 Å². The first-order valence-electron chi connectivity index (χ1n) is 5.71. The molecule has 4 heteroatoms. The molecule has 0 amide bonds. The Morgan fingerprint density at radius 2 is 1.79 bits per heavy atom. The zero-order valence-electron chi connectivity index (χ0n) is 9.81. The fourth-order valence-corrected chi connectivity index (χ4v) is 2.47. The van der Waals surface area contributed by atoms with Gasteiger partial charge in [0.1, 0.15) is 11.3 Å². The van der Waals surface area contributed by atoms with E-state index in [1.807, 2.05) is 48.5 Å². The summed E-state index contributed by atoms with van der Waals surface area (Å²) in [6, 6.07) is 15.4. The zero-order chi connectivity index (χ0) is 13.2. The minimum Gasteiger partial charge on any atom is -0.455 e. The summed E-state index contributed by atoms with van der Waals surface area (Å²) in [6.45, 7) is 0. The van der Waals surface area contributed by atoms with Gasteiger partial charge in [0, 0.05) is 11.6 Å². The molecule has 1 heterocycles. The summed E-state index contributed by atoms with van der Waals surface area (Å²) in [7, 11) is 0. The van der Waals surface area contributed by atoms with E-state index in [0.29, 0.717) is 10.8 Å². The number of rotatable bonds is 2. The van der Waals surface area contributed by atoms with E-state index in [1.54, 1.807) is 6.20 Å². The lowest BCUT2D eigenvalue weighted by atomic mass is 10.2. The van der Waals surface area contributed by atoms with Crippen molar-refractivity contribution >= 4 is 45.1 Å². The van der Waals surface area contributed by atoms with Gasteiger partial charge in [0.25, 0.3) is 0 Å². The Morgan fingerprint density at radius 1 is 1.00 bits per heavy atom. The molecule has 0 radical (unpaired) electrons. The predicted molar refractivity (Wildman–Crippen MR) is 86.0 cm³/mol. The molecule has 0 spiro atoms. The molecule has 0 unspecified atom stereocenters. The van der Waals surface area contributed by atoms with Crippen molar-refractivity contribution in [3.05, 3.63) is 63.3 Å². The molecule has 0 atom stereocenters. The second-order valence-electron chi connectivity index (χ2n) is 3.99. The first kappa shape index (κ1) is 12.7. The van der Waals surface area contributed by atoms with Crippen molar-refractivity contribution in [2.45, 2.75) is 0 Å². The van der Waals surface area contributed by atoms with E-state index in [-0.39, 0.29) is 0 Å². The standard InChI is InChI=1S/C15H9ClINO/c16-14-11-7-4-8-13(15(11)18-9-12(14)17)19-10-5-2-1-3-6-10/h1-9H. The van der Waals surface area contributed by atoms with Gasteiger partial charge >= 0.3 is 0 Å². The number of aromatic nitrogens is 1. The Balaban J connectivity index is 2.12. The van der Waals surface area contributed by atoms with Gasteiger partial charge in [-0.3, -0.25) is 4.98 Å². The van der Waals surface area contributed by atoms with Crippen LogP contribution in [0, 0.1) is 3.57 Å². The summed E-state index contributed by atoms with van der Waals surface area (Å²) in [6.07, 6.45) is 1.75. The van der Waals surface area contributed by atoms with Crippen molar-refractivity contribution in [1.29, 1.82) is 0 Å². The summed E-state index contributed by atoms with van der Waals surface area (Å²) >= 11 is 8.47.